The lowest BCUT2D eigenvalue weighted by Crippen LogP contribution is -1.90. The number of ether oxygens (including phenoxy) is 1. The maximum Gasteiger partial charge on any atom is 0.140 e. The number of hydrogen-bond acceptors (Lipinski definition) is 2. The fourth-order valence-corrected chi connectivity index (χ4v) is 3.54. The van der Waals surface area contributed by atoms with Crippen LogP contribution in [-0.2, 0) is 5.88 Å². The second-order valence-electron chi connectivity index (χ2n) is 2.85. The van der Waals surface area contributed by atoms with Crippen LogP contribution < -0.4 is 4.74 Å². The number of hydrogen-bond donors (Lipinski definition) is 0. The summed E-state index contributed by atoms with van der Waals surface area (Å²) in [5.41, 5.74) is 1.18. The molecule has 0 aliphatic rings. The van der Waals surface area contributed by atoms with Crippen LogP contribution in [0.1, 0.15) is 5.56 Å². The van der Waals surface area contributed by atoms with Gasteiger partial charge < -0.3 is 4.74 Å². The van der Waals surface area contributed by atoms with E-state index < -0.39 is 0 Å². The monoisotopic (exact) mass is 338 g/mol. The van der Waals surface area contributed by atoms with Crippen molar-refractivity contribution in [3.05, 3.63) is 26.6 Å². The number of benzene rings is 1. The van der Waals surface area contributed by atoms with Gasteiger partial charge in [-0.1, -0.05) is 0 Å². The Balaban J connectivity index is 2.81. The quantitative estimate of drug-likeness (QED) is 0.587. The second kappa shape index (κ2) is 4.24. The third-order valence-electron chi connectivity index (χ3n) is 2.07. The fraction of sp³-hybridized carbons (Fsp3) is 0.200. The summed E-state index contributed by atoms with van der Waals surface area (Å²) in [5, 5.41) is 3.24. The van der Waals surface area contributed by atoms with E-state index in [1.54, 1.807) is 18.4 Å². The molecule has 0 atom stereocenters. The summed E-state index contributed by atoms with van der Waals surface area (Å²) >= 11 is 9.88. The van der Waals surface area contributed by atoms with Gasteiger partial charge in [0.05, 0.1) is 10.7 Å². The van der Waals surface area contributed by atoms with Gasteiger partial charge in [-0.05, 0) is 45.7 Å². The molecule has 2 rings (SSSR count). The molecule has 0 unspecified atom stereocenters. The van der Waals surface area contributed by atoms with Crippen molar-refractivity contribution in [2.24, 2.45) is 0 Å². The molecule has 14 heavy (non-hydrogen) atoms. The van der Waals surface area contributed by atoms with Gasteiger partial charge in [-0.3, -0.25) is 0 Å². The van der Waals surface area contributed by atoms with E-state index in [0.29, 0.717) is 5.88 Å². The molecule has 0 saturated heterocycles. The third kappa shape index (κ3) is 1.61. The first-order valence-corrected chi connectivity index (χ1v) is 6.55. The lowest BCUT2D eigenvalue weighted by atomic mass is 10.2. The number of rotatable bonds is 2. The summed E-state index contributed by atoms with van der Waals surface area (Å²) in [5.74, 6) is 1.51. The van der Waals surface area contributed by atoms with E-state index in [1.165, 1.54) is 15.6 Å². The van der Waals surface area contributed by atoms with Crippen LogP contribution in [0.2, 0.25) is 0 Å². The number of thiophene rings is 1. The van der Waals surface area contributed by atoms with Gasteiger partial charge in [0, 0.05) is 16.0 Å². The standard InChI is InChI=1S/C10H8ClIOS/c1-13-9-7-2-3-14-10(7)6(5-11)4-8(9)12/h2-4H,5H2,1H3. The number of methoxy groups -OCH3 is 1. The largest absolute Gasteiger partial charge is 0.495 e. The maximum atomic E-state index is 5.89. The summed E-state index contributed by atoms with van der Waals surface area (Å²) in [4.78, 5) is 0. The van der Waals surface area contributed by atoms with Crippen LogP contribution in [0.25, 0.3) is 10.1 Å². The Labute approximate surface area is 105 Å². The average Bonchev–Trinajstić information content (AvgIpc) is 2.65. The molecule has 0 saturated carbocycles. The van der Waals surface area contributed by atoms with E-state index in [9.17, 15) is 0 Å². The molecule has 0 bridgehead atoms. The molecule has 74 valence electrons. The van der Waals surface area contributed by atoms with E-state index in [0.717, 1.165) is 9.32 Å². The highest BCUT2D eigenvalue weighted by atomic mass is 127. The minimum absolute atomic E-state index is 0.553. The van der Waals surface area contributed by atoms with Gasteiger partial charge in [0.25, 0.3) is 0 Å². The van der Waals surface area contributed by atoms with Crippen LogP contribution in [0.3, 0.4) is 0 Å². The van der Waals surface area contributed by atoms with E-state index in [4.69, 9.17) is 16.3 Å². The molecule has 0 aliphatic carbocycles. The topological polar surface area (TPSA) is 9.23 Å². The van der Waals surface area contributed by atoms with Crippen molar-refractivity contribution in [3.63, 3.8) is 0 Å². The molecule has 0 aliphatic heterocycles. The predicted molar refractivity (Wildman–Crippen MR) is 70.7 cm³/mol. The molecular weight excluding hydrogens is 331 g/mol. The van der Waals surface area contributed by atoms with Gasteiger partial charge in [0.15, 0.2) is 0 Å². The minimum atomic E-state index is 0.553. The summed E-state index contributed by atoms with van der Waals surface area (Å²) in [7, 11) is 1.70. The van der Waals surface area contributed by atoms with Crippen molar-refractivity contribution in [3.8, 4) is 5.75 Å². The van der Waals surface area contributed by atoms with Gasteiger partial charge >= 0.3 is 0 Å². The number of halogens is 2. The van der Waals surface area contributed by atoms with Crippen LogP contribution in [0.4, 0.5) is 0 Å². The number of fused-ring (bicyclic) bond motifs is 1. The highest BCUT2D eigenvalue weighted by molar-refractivity contribution is 14.1. The van der Waals surface area contributed by atoms with E-state index >= 15 is 0 Å². The van der Waals surface area contributed by atoms with Crippen molar-refractivity contribution in [2.45, 2.75) is 5.88 Å². The molecule has 0 amide bonds. The molecular formula is C10H8ClIOS. The molecule has 2 aromatic rings. The smallest absolute Gasteiger partial charge is 0.140 e. The normalized spacial score (nSPS) is 10.8. The van der Waals surface area contributed by atoms with Gasteiger partial charge in [-0.25, -0.2) is 0 Å². The van der Waals surface area contributed by atoms with E-state index in [2.05, 4.69) is 40.1 Å². The van der Waals surface area contributed by atoms with Crippen LogP contribution >= 0.6 is 45.5 Å². The number of alkyl halides is 1. The maximum absolute atomic E-state index is 5.89. The first-order chi connectivity index (χ1) is 6.77. The zero-order valence-corrected chi connectivity index (χ0v) is 11.2. The highest BCUT2D eigenvalue weighted by Gasteiger charge is 2.11. The molecule has 1 heterocycles. The molecule has 1 nitrogen and oxygen atoms in total. The zero-order valence-electron chi connectivity index (χ0n) is 7.51. The van der Waals surface area contributed by atoms with Gasteiger partial charge in [0.2, 0.25) is 0 Å². The molecule has 1 aromatic carbocycles. The average molecular weight is 339 g/mol. The van der Waals surface area contributed by atoms with Crippen LogP contribution in [0, 0.1) is 3.57 Å². The van der Waals surface area contributed by atoms with Crippen molar-refractivity contribution >= 4 is 55.6 Å². The fourth-order valence-electron chi connectivity index (χ4n) is 1.46. The van der Waals surface area contributed by atoms with E-state index in [1.807, 2.05) is 0 Å². The van der Waals surface area contributed by atoms with Crippen molar-refractivity contribution < 1.29 is 4.74 Å². The summed E-state index contributed by atoms with van der Waals surface area (Å²) in [6, 6.07) is 4.17. The van der Waals surface area contributed by atoms with Crippen molar-refractivity contribution in [1.29, 1.82) is 0 Å². The van der Waals surface area contributed by atoms with Gasteiger partial charge in [0.1, 0.15) is 5.75 Å². The lowest BCUT2D eigenvalue weighted by Gasteiger charge is -2.07. The molecule has 0 radical (unpaired) electrons. The highest BCUT2D eigenvalue weighted by Crippen LogP contribution is 2.37. The molecule has 0 N–H and O–H groups in total. The van der Waals surface area contributed by atoms with Crippen molar-refractivity contribution in [2.75, 3.05) is 7.11 Å². The molecule has 4 heteroatoms. The van der Waals surface area contributed by atoms with Crippen molar-refractivity contribution in [1.82, 2.24) is 0 Å². The first-order valence-electron chi connectivity index (χ1n) is 4.06. The van der Waals surface area contributed by atoms with Crippen LogP contribution in [-0.4, -0.2) is 7.11 Å². The van der Waals surface area contributed by atoms with Gasteiger partial charge in [-0.15, -0.1) is 22.9 Å². The Bertz CT molecular complexity index is 466. The molecule has 1 aromatic heterocycles. The Hall–Kier alpha value is -0.000000000000000111. The minimum Gasteiger partial charge on any atom is -0.495 e. The van der Waals surface area contributed by atoms with E-state index in [-0.39, 0.29) is 0 Å². The Morgan fingerprint density at radius 2 is 2.36 bits per heavy atom. The Kier molecular flexibility index (Phi) is 3.19. The predicted octanol–water partition coefficient (Wildman–Crippen LogP) is 4.25. The summed E-state index contributed by atoms with van der Waals surface area (Å²) in [6.07, 6.45) is 0. The summed E-state index contributed by atoms with van der Waals surface area (Å²) < 4.78 is 7.72. The SMILES string of the molecule is COc1c(I)cc(CCl)c2sccc12. The summed E-state index contributed by atoms with van der Waals surface area (Å²) in [6.45, 7) is 0. The lowest BCUT2D eigenvalue weighted by molar-refractivity contribution is 0.417. The molecule has 0 fully saturated rings. The van der Waals surface area contributed by atoms with Gasteiger partial charge in [-0.2, -0.15) is 0 Å². The second-order valence-corrected chi connectivity index (χ2v) is 5.19. The Morgan fingerprint density at radius 3 is 3.00 bits per heavy atom. The third-order valence-corrected chi connectivity index (χ3v) is 4.15. The molecule has 0 spiro atoms. The zero-order chi connectivity index (χ0) is 10.1. The Morgan fingerprint density at radius 1 is 1.57 bits per heavy atom. The first kappa shape index (κ1) is 10.5. The van der Waals surface area contributed by atoms with Crippen LogP contribution in [0.5, 0.6) is 5.75 Å². The van der Waals surface area contributed by atoms with Crippen LogP contribution in [0.15, 0.2) is 17.5 Å².